The maximum atomic E-state index is 10.9. The van der Waals surface area contributed by atoms with Gasteiger partial charge in [-0.3, -0.25) is 0 Å². The zero-order chi connectivity index (χ0) is 22.6. The van der Waals surface area contributed by atoms with E-state index in [-0.39, 0.29) is 6.04 Å². The highest BCUT2D eigenvalue weighted by molar-refractivity contribution is 5.79. The average Bonchev–Trinajstić information content (AvgIpc) is 3.30. The highest BCUT2D eigenvalue weighted by atomic mass is 16.5. The molecule has 0 radical (unpaired) electrons. The summed E-state index contributed by atoms with van der Waals surface area (Å²) in [5.41, 5.74) is 3.91. The Morgan fingerprint density at radius 1 is 1.19 bits per heavy atom. The molecule has 7 heteroatoms. The zero-order valence-corrected chi connectivity index (χ0v) is 18.7. The number of aliphatic hydroxyl groups excluding tert-OH is 2. The van der Waals surface area contributed by atoms with E-state index in [0.29, 0.717) is 18.7 Å². The van der Waals surface area contributed by atoms with Crippen molar-refractivity contribution in [3.05, 3.63) is 58.9 Å². The zero-order valence-electron chi connectivity index (χ0n) is 18.7. The summed E-state index contributed by atoms with van der Waals surface area (Å²) in [7, 11) is 0. The number of nitrogens with one attached hydrogen (secondary N) is 1. The second kappa shape index (κ2) is 7.85. The molecule has 32 heavy (non-hydrogen) atoms. The number of rotatable bonds is 4. The van der Waals surface area contributed by atoms with Crippen LogP contribution in [0.2, 0.25) is 0 Å². The molecule has 170 valence electrons. The molecule has 5 rings (SSSR count). The van der Waals surface area contributed by atoms with Crippen molar-refractivity contribution in [2.45, 2.75) is 70.1 Å². The molecule has 2 aromatic heterocycles. The first-order valence-electron chi connectivity index (χ1n) is 11.3. The van der Waals surface area contributed by atoms with Crippen LogP contribution >= 0.6 is 0 Å². The molecule has 1 aliphatic heterocycles. The van der Waals surface area contributed by atoms with Gasteiger partial charge in [0, 0.05) is 36.3 Å². The van der Waals surface area contributed by atoms with E-state index in [4.69, 9.17) is 4.74 Å². The Balaban J connectivity index is 1.47. The fourth-order valence-corrected chi connectivity index (χ4v) is 5.01. The third kappa shape index (κ3) is 3.59. The lowest BCUT2D eigenvalue weighted by Gasteiger charge is -2.28. The van der Waals surface area contributed by atoms with Crippen LogP contribution in [0.4, 0.5) is 0 Å². The summed E-state index contributed by atoms with van der Waals surface area (Å²) in [4.78, 5) is 4.50. The van der Waals surface area contributed by atoms with E-state index in [1.165, 1.54) is 0 Å². The van der Waals surface area contributed by atoms with Gasteiger partial charge < -0.3 is 29.9 Å². The van der Waals surface area contributed by atoms with Gasteiger partial charge >= 0.3 is 0 Å². The molecule has 7 nitrogen and oxygen atoms in total. The second-order valence-corrected chi connectivity index (χ2v) is 9.63. The van der Waals surface area contributed by atoms with Gasteiger partial charge in [0.05, 0.1) is 11.6 Å². The molecular weight excluding hydrogens is 406 g/mol. The minimum absolute atomic E-state index is 0.340. The summed E-state index contributed by atoms with van der Waals surface area (Å²) in [6, 6.07) is 7.54. The summed E-state index contributed by atoms with van der Waals surface area (Å²) in [5, 5.41) is 36.8. The van der Waals surface area contributed by atoms with E-state index < -0.39 is 23.9 Å². The summed E-state index contributed by atoms with van der Waals surface area (Å²) in [5.74, 6) is 0.662. The first-order chi connectivity index (χ1) is 15.2. The van der Waals surface area contributed by atoms with E-state index >= 15 is 0 Å². The monoisotopic (exact) mass is 437 g/mol. The summed E-state index contributed by atoms with van der Waals surface area (Å²) >= 11 is 0. The van der Waals surface area contributed by atoms with Gasteiger partial charge in [-0.1, -0.05) is 6.07 Å². The van der Waals surface area contributed by atoms with Crippen LogP contribution in [0.3, 0.4) is 0 Å². The number of nitrogens with zero attached hydrogens (tertiary/aromatic N) is 2. The summed E-state index contributed by atoms with van der Waals surface area (Å²) in [6.07, 6.45) is 2.44. The van der Waals surface area contributed by atoms with E-state index in [0.717, 1.165) is 46.3 Å². The Hall–Kier alpha value is -2.45. The predicted octanol–water partition coefficient (Wildman–Crippen LogP) is 2.33. The smallest absolute Gasteiger partial charge is 0.140 e. The number of benzene rings is 1. The van der Waals surface area contributed by atoms with Crippen molar-refractivity contribution in [2.24, 2.45) is 0 Å². The van der Waals surface area contributed by atoms with Crippen LogP contribution in [-0.4, -0.2) is 49.7 Å². The van der Waals surface area contributed by atoms with E-state index in [1.807, 2.05) is 42.0 Å². The van der Waals surface area contributed by atoms with Gasteiger partial charge in [-0.2, -0.15) is 0 Å². The van der Waals surface area contributed by atoms with Crippen molar-refractivity contribution in [2.75, 3.05) is 6.54 Å². The van der Waals surface area contributed by atoms with Gasteiger partial charge in [0.15, 0.2) is 0 Å². The van der Waals surface area contributed by atoms with Crippen molar-refractivity contribution >= 4 is 11.0 Å². The minimum atomic E-state index is -1.03. The van der Waals surface area contributed by atoms with Gasteiger partial charge in [-0.15, -0.1) is 0 Å². The van der Waals surface area contributed by atoms with Crippen LogP contribution in [0.1, 0.15) is 48.6 Å². The van der Waals surface area contributed by atoms with Crippen LogP contribution in [0.25, 0.3) is 11.0 Å². The molecular formula is C25H31N3O4. The summed E-state index contributed by atoms with van der Waals surface area (Å²) in [6.45, 7) is 7.11. The van der Waals surface area contributed by atoms with Crippen LogP contribution in [0.5, 0.6) is 5.75 Å². The Morgan fingerprint density at radius 3 is 2.78 bits per heavy atom. The largest absolute Gasteiger partial charge is 0.487 e. The molecule has 1 aromatic carbocycles. The Morgan fingerprint density at radius 2 is 2.00 bits per heavy atom. The van der Waals surface area contributed by atoms with Gasteiger partial charge in [0.25, 0.3) is 0 Å². The van der Waals surface area contributed by atoms with Crippen molar-refractivity contribution in [1.82, 2.24) is 14.9 Å². The standard InChI is InChI=1S/C25H31N3O4/c1-14-4-8-27-24-17(14)6-9-28(24)19-12-21(23(30)22(19)29)32-20-11-16(25(2,3)31)10-15-5-7-26-13-18(15)20/h4,6,8-11,19,21-23,26,29-31H,5,7,12-13H2,1-3H3/t19-,21+,22+,23-/m1/s1. The Kier molecular flexibility index (Phi) is 5.25. The molecule has 0 amide bonds. The number of hydrogen-bond donors (Lipinski definition) is 4. The lowest BCUT2D eigenvalue weighted by Crippen LogP contribution is -2.35. The normalized spacial score (nSPS) is 25.8. The highest BCUT2D eigenvalue weighted by Gasteiger charge is 2.44. The maximum absolute atomic E-state index is 10.9. The third-order valence-electron chi connectivity index (χ3n) is 6.95. The molecule has 1 fully saturated rings. The predicted molar refractivity (Wildman–Crippen MR) is 122 cm³/mol. The molecule has 3 heterocycles. The van der Waals surface area contributed by atoms with Crippen molar-refractivity contribution in [1.29, 1.82) is 0 Å². The van der Waals surface area contributed by atoms with Gasteiger partial charge in [-0.05, 0) is 68.6 Å². The van der Waals surface area contributed by atoms with E-state index in [2.05, 4.69) is 10.3 Å². The van der Waals surface area contributed by atoms with Gasteiger partial charge in [0.1, 0.15) is 29.7 Å². The molecule has 1 saturated carbocycles. The number of pyridine rings is 1. The molecule has 3 aromatic rings. The van der Waals surface area contributed by atoms with Crippen molar-refractivity contribution in [3.8, 4) is 5.75 Å². The van der Waals surface area contributed by atoms with Crippen molar-refractivity contribution in [3.63, 3.8) is 0 Å². The molecule has 0 bridgehead atoms. The summed E-state index contributed by atoms with van der Waals surface area (Å²) < 4.78 is 8.31. The molecule has 2 aliphatic rings. The minimum Gasteiger partial charge on any atom is -0.487 e. The first-order valence-corrected chi connectivity index (χ1v) is 11.3. The lowest BCUT2D eigenvalue weighted by molar-refractivity contribution is -0.0168. The first kappa shape index (κ1) is 21.4. The van der Waals surface area contributed by atoms with Gasteiger partial charge in [-0.25, -0.2) is 4.98 Å². The molecule has 0 spiro atoms. The molecule has 0 unspecified atom stereocenters. The van der Waals surface area contributed by atoms with E-state index in [1.54, 1.807) is 20.0 Å². The Labute approximate surface area is 187 Å². The SMILES string of the molecule is Cc1ccnc2c1ccn2[C@@H]1C[C@H](Oc2cc(C(C)(C)O)cc3c2CNCC3)[C@@H](O)[C@H]1O. The number of hydrogen-bond acceptors (Lipinski definition) is 6. The van der Waals surface area contributed by atoms with Gasteiger partial charge in [0.2, 0.25) is 0 Å². The lowest BCUT2D eigenvalue weighted by atomic mass is 9.90. The van der Waals surface area contributed by atoms with Crippen LogP contribution in [0.15, 0.2) is 36.7 Å². The topological polar surface area (TPSA) is 99.8 Å². The Bertz CT molecular complexity index is 1150. The number of aliphatic hydroxyl groups is 3. The molecule has 4 atom stereocenters. The van der Waals surface area contributed by atoms with E-state index in [9.17, 15) is 15.3 Å². The molecule has 1 aliphatic carbocycles. The van der Waals surface area contributed by atoms with Crippen LogP contribution < -0.4 is 10.1 Å². The molecule has 0 saturated heterocycles. The second-order valence-electron chi connectivity index (χ2n) is 9.63. The number of ether oxygens (including phenoxy) is 1. The molecule has 4 N–H and O–H groups in total. The van der Waals surface area contributed by atoms with Crippen LogP contribution in [0, 0.1) is 6.92 Å². The average molecular weight is 438 g/mol. The van der Waals surface area contributed by atoms with Crippen molar-refractivity contribution < 1.29 is 20.1 Å². The number of aromatic nitrogens is 2. The fraction of sp³-hybridized carbons (Fsp3) is 0.480. The third-order valence-corrected chi connectivity index (χ3v) is 6.95. The highest BCUT2D eigenvalue weighted by Crippen LogP contribution is 2.39. The number of aryl methyl sites for hydroxylation is 1. The number of fused-ring (bicyclic) bond motifs is 2. The fourth-order valence-electron chi connectivity index (χ4n) is 5.01. The maximum Gasteiger partial charge on any atom is 0.140 e. The quantitative estimate of drug-likeness (QED) is 0.500. The van der Waals surface area contributed by atoms with Crippen LogP contribution in [-0.2, 0) is 18.6 Å².